The Hall–Kier alpha value is -2.20. The van der Waals surface area contributed by atoms with E-state index in [-0.39, 0.29) is 35.4 Å². The highest BCUT2D eigenvalue weighted by molar-refractivity contribution is 9.10. The molecule has 0 bridgehead atoms. The highest BCUT2D eigenvalue weighted by Crippen LogP contribution is 2.15. The van der Waals surface area contributed by atoms with Crippen molar-refractivity contribution in [2.24, 2.45) is 0 Å². The van der Waals surface area contributed by atoms with E-state index in [1.807, 2.05) is 0 Å². The van der Waals surface area contributed by atoms with Crippen molar-refractivity contribution >= 4 is 45.3 Å². The van der Waals surface area contributed by atoms with Crippen molar-refractivity contribution in [3.63, 3.8) is 0 Å². The van der Waals surface area contributed by atoms with Crippen LogP contribution in [0.3, 0.4) is 0 Å². The van der Waals surface area contributed by atoms with Gasteiger partial charge in [-0.25, -0.2) is 0 Å². The van der Waals surface area contributed by atoms with Crippen molar-refractivity contribution in [2.45, 2.75) is 18.0 Å². The maximum atomic E-state index is 11.8. The van der Waals surface area contributed by atoms with E-state index in [2.05, 4.69) is 36.4 Å². The number of aromatic amines is 1. The molecule has 0 unspecified atom stereocenters. The van der Waals surface area contributed by atoms with Crippen molar-refractivity contribution in [3.05, 3.63) is 44.8 Å². The number of carbonyl (C=O) groups excluding carboxylic acids is 2. The number of aryl methyl sites for hydroxylation is 1. The first-order valence-corrected chi connectivity index (χ1v) is 8.56. The van der Waals surface area contributed by atoms with Crippen LogP contribution in [0.2, 0.25) is 0 Å². The number of nitrogens with zero attached hydrogens (tertiary/aromatic N) is 2. The third-order valence-corrected chi connectivity index (χ3v) is 4.17. The number of hydrogen-bond acceptors (Lipinski definition) is 7. The summed E-state index contributed by atoms with van der Waals surface area (Å²) in [5.74, 6) is -1.48. The molecule has 2 rings (SSSR count). The minimum absolute atomic E-state index is 0.0165. The van der Waals surface area contributed by atoms with Crippen molar-refractivity contribution in [2.75, 3.05) is 11.1 Å². The van der Waals surface area contributed by atoms with Crippen molar-refractivity contribution in [3.8, 4) is 0 Å². The van der Waals surface area contributed by atoms with Crippen LogP contribution in [0.4, 0.5) is 5.69 Å². The van der Waals surface area contributed by atoms with Gasteiger partial charge in [-0.2, -0.15) is 0 Å². The van der Waals surface area contributed by atoms with E-state index in [0.29, 0.717) is 5.69 Å². The lowest BCUT2D eigenvalue weighted by Crippen LogP contribution is -2.25. The summed E-state index contributed by atoms with van der Waals surface area (Å²) < 4.78 is 0.904. The molecule has 0 saturated carbocycles. The number of nitrogens with one attached hydrogen (secondary N) is 2. The first kappa shape index (κ1) is 18.1. The van der Waals surface area contributed by atoms with Gasteiger partial charge < -0.3 is 15.2 Å². The number of benzene rings is 1. The van der Waals surface area contributed by atoms with E-state index in [9.17, 15) is 19.5 Å². The minimum Gasteiger partial charge on any atom is -0.550 e. The standard InChI is InChI=1S/C14H13BrN4O4S/c15-8-1-3-9(4-2-8)16-11(20)7-24-14-17-13(23)10(18-19-14)5-6-12(21)22/h1-4H,5-7H2,(H,16,20)(H,21,22)(H,17,19,23)/p-1. The van der Waals surface area contributed by atoms with E-state index in [0.717, 1.165) is 16.2 Å². The molecule has 0 aliphatic heterocycles. The lowest BCUT2D eigenvalue weighted by Gasteiger charge is -2.05. The van der Waals surface area contributed by atoms with Crippen molar-refractivity contribution in [1.29, 1.82) is 0 Å². The number of thioether (sulfide) groups is 1. The molecule has 1 amide bonds. The van der Waals surface area contributed by atoms with Gasteiger partial charge in [0.25, 0.3) is 5.56 Å². The quantitative estimate of drug-likeness (QED) is 0.628. The van der Waals surface area contributed by atoms with Gasteiger partial charge in [0.2, 0.25) is 5.91 Å². The van der Waals surface area contributed by atoms with Crippen LogP contribution in [0.1, 0.15) is 12.1 Å². The Labute approximate surface area is 149 Å². The Morgan fingerprint density at radius 3 is 2.58 bits per heavy atom. The molecule has 2 aromatic rings. The highest BCUT2D eigenvalue weighted by atomic mass is 79.9. The van der Waals surface area contributed by atoms with Crippen LogP contribution in [0.25, 0.3) is 0 Å². The first-order valence-electron chi connectivity index (χ1n) is 6.78. The summed E-state index contributed by atoms with van der Waals surface area (Å²) in [5, 5.41) is 20.7. The molecule has 0 fully saturated rings. The topological polar surface area (TPSA) is 128 Å². The Kier molecular flexibility index (Phi) is 6.50. The predicted molar refractivity (Wildman–Crippen MR) is 89.5 cm³/mol. The van der Waals surface area contributed by atoms with Gasteiger partial charge in [-0.3, -0.25) is 14.6 Å². The molecule has 10 heteroatoms. The minimum atomic E-state index is -1.26. The molecule has 2 N–H and O–H groups in total. The maximum Gasteiger partial charge on any atom is 0.273 e. The van der Waals surface area contributed by atoms with Gasteiger partial charge in [0.05, 0.1) is 5.75 Å². The van der Waals surface area contributed by atoms with Gasteiger partial charge in [-0.05, 0) is 30.7 Å². The van der Waals surface area contributed by atoms with Crippen LogP contribution in [0, 0.1) is 0 Å². The van der Waals surface area contributed by atoms with Crippen molar-refractivity contribution in [1.82, 2.24) is 15.2 Å². The van der Waals surface area contributed by atoms with Crippen LogP contribution in [0.15, 0.2) is 38.7 Å². The summed E-state index contributed by atoms with van der Waals surface area (Å²) in [6.07, 6.45) is -0.362. The number of aromatic nitrogens is 3. The zero-order valence-electron chi connectivity index (χ0n) is 12.2. The van der Waals surface area contributed by atoms with E-state index in [4.69, 9.17) is 0 Å². The molecular weight excluding hydrogens is 400 g/mol. The summed E-state index contributed by atoms with van der Waals surface area (Å²) in [5.41, 5.74) is 0.144. The summed E-state index contributed by atoms with van der Waals surface area (Å²) in [6, 6.07) is 7.11. The number of aliphatic carboxylic acids is 1. The summed E-state index contributed by atoms with van der Waals surface area (Å²) in [4.78, 5) is 36.4. The fraction of sp³-hybridized carbons (Fsp3) is 0.214. The number of carboxylic acid groups (broad SMARTS) is 1. The normalized spacial score (nSPS) is 10.4. The summed E-state index contributed by atoms with van der Waals surface area (Å²) in [7, 11) is 0. The summed E-state index contributed by atoms with van der Waals surface area (Å²) in [6.45, 7) is 0. The largest absolute Gasteiger partial charge is 0.550 e. The lowest BCUT2D eigenvalue weighted by molar-refractivity contribution is -0.305. The van der Waals surface area contributed by atoms with Crippen LogP contribution in [-0.2, 0) is 16.0 Å². The zero-order chi connectivity index (χ0) is 17.5. The molecule has 1 heterocycles. The van der Waals surface area contributed by atoms with E-state index in [1.165, 1.54) is 0 Å². The number of halogens is 1. The van der Waals surface area contributed by atoms with Crippen LogP contribution >= 0.6 is 27.7 Å². The fourth-order valence-corrected chi connectivity index (χ4v) is 2.53. The zero-order valence-corrected chi connectivity index (χ0v) is 14.6. The average Bonchev–Trinajstić information content (AvgIpc) is 2.54. The number of rotatable bonds is 7. The van der Waals surface area contributed by atoms with Gasteiger partial charge in [-0.15, -0.1) is 10.2 Å². The lowest BCUT2D eigenvalue weighted by atomic mass is 10.2. The van der Waals surface area contributed by atoms with Crippen LogP contribution < -0.4 is 16.0 Å². The van der Waals surface area contributed by atoms with Crippen LogP contribution in [0.5, 0.6) is 0 Å². The van der Waals surface area contributed by atoms with E-state index in [1.54, 1.807) is 24.3 Å². The Morgan fingerprint density at radius 1 is 1.25 bits per heavy atom. The number of anilines is 1. The molecule has 0 saturated heterocycles. The second kappa shape index (κ2) is 8.60. The number of amides is 1. The second-order valence-corrected chi connectivity index (χ2v) is 6.50. The molecule has 24 heavy (non-hydrogen) atoms. The predicted octanol–water partition coefficient (Wildman–Crippen LogP) is 0.341. The third-order valence-electron chi connectivity index (χ3n) is 2.78. The molecule has 126 valence electrons. The van der Waals surface area contributed by atoms with Crippen molar-refractivity contribution < 1.29 is 14.7 Å². The smallest absolute Gasteiger partial charge is 0.273 e. The number of hydrogen-bond donors (Lipinski definition) is 2. The molecule has 0 radical (unpaired) electrons. The fourth-order valence-electron chi connectivity index (χ4n) is 1.66. The third kappa shape index (κ3) is 5.78. The molecule has 0 spiro atoms. The van der Waals surface area contributed by atoms with Gasteiger partial charge in [0, 0.05) is 22.6 Å². The molecular formula is C14H12BrN4O4S-. The molecule has 1 aromatic carbocycles. The SMILES string of the molecule is O=C([O-])CCc1nnc(SCC(=O)Nc2ccc(Br)cc2)[nH]c1=O. The Bertz CT molecular complexity index is 794. The van der Waals surface area contributed by atoms with Gasteiger partial charge in [-0.1, -0.05) is 27.7 Å². The number of carboxylic acids is 1. The molecule has 1 aromatic heterocycles. The number of H-pyrrole nitrogens is 1. The molecule has 0 atom stereocenters. The number of carbonyl (C=O) groups is 2. The highest BCUT2D eigenvalue weighted by Gasteiger charge is 2.08. The van der Waals surface area contributed by atoms with E-state index < -0.39 is 11.5 Å². The van der Waals surface area contributed by atoms with Crippen LogP contribution in [-0.4, -0.2) is 32.8 Å². The Balaban J connectivity index is 1.88. The van der Waals surface area contributed by atoms with Gasteiger partial charge in [0.15, 0.2) is 5.16 Å². The molecule has 0 aliphatic rings. The second-order valence-electron chi connectivity index (χ2n) is 4.62. The average molecular weight is 412 g/mol. The summed E-state index contributed by atoms with van der Waals surface area (Å²) >= 11 is 4.32. The Morgan fingerprint density at radius 2 is 1.96 bits per heavy atom. The molecule has 0 aliphatic carbocycles. The first-order chi connectivity index (χ1) is 11.4. The van der Waals surface area contributed by atoms with E-state index >= 15 is 0 Å². The van der Waals surface area contributed by atoms with Gasteiger partial charge in [0.1, 0.15) is 5.69 Å². The maximum absolute atomic E-state index is 11.8. The molecule has 8 nitrogen and oxygen atoms in total. The van der Waals surface area contributed by atoms with Gasteiger partial charge >= 0.3 is 0 Å². The monoisotopic (exact) mass is 411 g/mol.